The summed E-state index contributed by atoms with van der Waals surface area (Å²) < 4.78 is 6.55. The molecule has 3 nitrogen and oxygen atoms in total. The van der Waals surface area contributed by atoms with Crippen LogP contribution in [0.3, 0.4) is 0 Å². The first-order valence-electron chi connectivity index (χ1n) is 6.98. The van der Waals surface area contributed by atoms with Crippen molar-refractivity contribution < 1.29 is 4.74 Å². The van der Waals surface area contributed by atoms with Crippen molar-refractivity contribution >= 4 is 21.6 Å². The first-order chi connectivity index (χ1) is 9.20. The van der Waals surface area contributed by atoms with Crippen LogP contribution in [0.5, 0.6) is 0 Å². The predicted molar refractivity (Wildman–Crippen MR) is 83.7 cm³/mol. The van der Waals surface area contributed by atoms with Crippen LogP contribution >= 0.6 is 15.9 Å². The molecule has 0 unspecified atom stereocenters. The molecule has 1 heterocycles. The Morgan fingerprint density at radius 3 is 2.79 bits per heavy atom. The normalized spacial score (nSPS) is 16.6. The average Bonchev–Trinajstić information content (AvgIpc) is 2.40. The summed E-state index contributed by atoms with van der Waals surface area (Å²) >= 11 is 3.54. The highest BCUT2D eigenvalue weighted by atomic mass is 79.9. The molecule has 2 N–H and O–H groups in total. The molecule has 0 amide bonds. The van der Waals surface area contributed by atoms with Crippen molar-refractivity contribution in [2.24, 2.45) is 11.7 Å². The van der Waals surface area contributed by atoms with E-state index in [2.05, 4.69) is 46.1 Å². The highest BCUT2D eigenvalue weighted by Gasteiger charge is 2.17. The highest BCUT2D eigenvalue weighted by molar-refractivity contribution is 9.10. The number of hydrogen-bond acceptors (Lipinski definition) is 3. The topological polar surface area (TPSA) is 38.5 Å². The Morgan fingerprint density at radius 1 is 1.37 bits per heavy atom. The van der Waals surface area contributed by atoms with Crippen molar-refractivity contribution in [3.63, 3.8) is 0 Å². The van der Waals surface area contributed by atoms with Crippen LogP contribution in [0.2, 0.25) is 0 Å². The lowest BCUT2D eigenvalue weighted by molar-refractivity contribution is 0.0685. The molecule has 0 spiro atoms. The Balaban J connectivity index is 2.06. The first-order valence-corrected chi connectivity index (χ1v) is 7.77. The summed E-state index contributed by atoms with van der Waals surface area (Å²) in [4.78, 5) is 2.37. The fourth-order valence-electron chi connectivity index (χ4n) is 2.70. The van der Waals surface area contributed by atoms with Gasteiger partial charge < -0.3 is 15.4 Å². The van der Waals surface area contributed by atoms with Gasteiger partial charge in [-0.05, 0) is 55.5 Å². The van der Waals surface area contributed by atoms with Gasteiger partial charge in [-0.1, -0.05) is 15.9 Å². The fraction of sp³-hybridized carbons (Fsp3) is 0.600. The lowest BCUT2D eigenvalue weighted by Gasteiger charge is -2.29. The minimum Gasteiger partial charge on any atom is -0.381 e. The van der Waals surface area contributed by atoms with E-state index < -0.39 is 0 Å². The Morgan fingerprint density at radius 2 is 2.11 bits per heavy atom. The molecule has 0 aliphatic carbocycles. The van der Waals surface area contributed by atoms with Crippen LogP contribution in [-0.2, 0) is 11.2 Å². The van der Waals surface area contributed by atoms with E-state index in [9.17, 15) is 0 Å². The van der Waals surface area contributed by atoms with Gasteiger partial charge in [0.2, 0.25) is 0 Å². The molecule has 0 radical (unpaired) electrons. The Bertz CT molecular complexity index is 405. The van der Waals surface area contributed by atoms with Gasteiger partial charge in [-0.2, -0.15) is 0 Å². The molecule has 0 atom stereocenters. The molecule has 0 bridgehead atoms. The quantitative estimate of drug-likeness (QED) is 0.904. The Hall–Kier alpha value is -0.580. The van der Waals surface area contributed by atoms with Gasteiger partial charge in [-0.3, -0.25) is 0 Å². The number of nitrogens with zero attached hydrogens (tertiary/aromatic N) is 1. The minimum atomic E-state index is 0.689. The van der Waals surface area contributed by atoms with E-state index in [1.807, 2.05) is 0 Å². The molecule has 1 fully saturated rings. The number of hydrogen-bond donors (Lipinski definition) is 1. The second-order valence-electron chi connectivity index (χ2n) is 5.25. The summed E-state index contributed by atoms with van der Waals surface area (Å²) in [6.07, 6.45) is 3.27. The van der Waals surface area contributed by atoms with Gasteiger partial charge in [0.15, 0.2) is 0 Å². The van der Waals surface area contributed by atoms with Crippen molar-refractivity contribution in [3.8, 4) is 0 Å². The van der Waals surface area contributed by atoms with Crippen molar-refractivity contribution in [2.45, 2.75) is 19.3 Å². The summed E-state index contributed by atoms with van der Waals surface area (Å²) in [5.74, 6) is 0.744. The van der Waals surface area contributed by atoms with Crippen LogP contribution < -0.4 is 10.6 Å². The SMILES string of the molecule is CN(CC1CCOCC1)c1ccc(Br)cc1CCN. The van der Waals surface area contributed by atoms with E-state index in [4.69, 9.17) is 10.5 Å². The molecular weight excluding hydrogens is 304 g/mol. The van der Waals surface area contributed by atoms with E-state index >= 15 is 0 Å². The zero-order chi connectivity index (χ0) is 13.7. The van der Waals surface area contributed by atoms with Crippen molar-refractivity contribution in [1.82, 2.24) is 0 Å². The molecular formula is C15H23BrN2O. The Labute approximate surface area is 124 Å². The number of rotatable bonds is 5. The summed E-state index contributed by atoms with van der Waals surface area (Å²) in [6.45, 7) is 3.61. The van der Waals surface area contributed by atoms with E-state index in [1.165, 1.54) is 24.1 Å². The van der Waals surface area contributed by atoms with E-state index in [1.54, 1.807) is 0 Å². The smallest absolute Gasteiger partial charge is 0.0469 e. The van der Waals surface area contributed by atoms with Crippen LogP contribution in [0.15, 0.2) is 22.7 Å². The third-order valence-electron chi connectivity index (χ3n) is 3.74. The zero-order valence-corrected chi connectivity index (χ0v) is 13.2. The standard InChI is InChI=1S/C15H23BrN2O/c1-18(11-12-5-8-19-9-6-12)15-3-2-14(16)10-13(15)4-7-17/h2-3,10,12H,4-9,11,17H2,1H3. The molecule has 1 aliphatic heterocycles. The van der Waals surface area contributed by atoms with Crippen molar-refractivity contribution in [3.05, 3.63) is 28.2 Å². The van der Waals surface area contributed by atoms with E-state index in [-0.39, 0.29) is 0 Å². The van der Waals surface area contributed by atoms with E-state index in [0.29, 0.717) is 6.54 Å². The lowest BCUT2D eigenvalue weighted by Crippen LogP contribution is -2.30. The monoisotopic (exact) mass is 326 g/mol. The zero-order valence-electron chi connectivity index (χ0n) is 11.6. The maximum absolute atomic E-state index is 5.71. The van der Waals surface area contributed by atoms with Crippen molar-refractivity contribution in [1.29, 1.82) is 0 Å². The van der Waals surface area contributed by atoms with Gasteiger partial charge in [0.1, 0.15) is 0 Å². The highest BCUT2D eigenvalue weighted by Crippen LogP contribution is 2.26. The number of halogens is 1. The van der Waals surface area contributed by atoms with Crippen LogP contribution in [0.4, 0.5) is 5.69 Å². The van der Waals surface area contributed by atoms with Crippen LogP contribution in [-0.4, -0.2) is 33.4 Å². The number of nitrogens with two attached hydrogens (primary N) is 1. The van der Waals surface area contributed by atoms with E-state index in [0.717, 1.165) is 36.6 Å². The maximum atomic E-state index is 5.71. The summed E-state index contributed by atoms with van der Waals surface area (Å²) in [7, 11) is 2.18. The number of benzene rings is 1. The fourth-order valence-corrected chi connectivity index (χ4v) is 3.11. The third kappa shape index (κ3) is 4.20. The number of ether oxygens (including phenoxy) is 1. The minimum absolute atomic E-state index is 0.689. The Kier molecular flexibility index (Phi) is 5.67. The molecule has 2 rings (SSSR count). The largest absolute Gasteiger partial charge is 0.381 e. The summed E-state index contributed by atoms with van der Waals surface area (Å²) in [5.41, 5.74) is 8.34. The molecule has 19 heavy (non-hydrogen) atoms. The molecule has 106 valence electrons. The average molecular weight is 327 g/mol. The van der Waals surface area contributed by atoms with Crippen molar-refractivity contribution in [2.75, 3.05) is 38.3 Å². The molecule has 1 saturated heterocycles. The second kappa shape index (κ2) is 7.27. The molecule has 0 saturated carbocycles. The van der Waals surface area contributed by atoms with Crippen LogP contribution in [0, 0.1) is 5.92 Å². The van der Waals surface area contributed by atoms with Crippen LogP contribution in [0.1, 0.15) is 18.4 Å². The summed E-state index contributed by atoms with van der Waals surface area (Å²) in [5, 5.41) is 0. The third-order valence-corrected chi connectivity index (χ3v) is 4.23. The molecule has 0 aromatic heterocycles. The van der Waals surface area contributed by atoms with Gasteiger partial charge in [-0.25, -0.2) is 0 Å². The molecule has 1 aromatic carbocycles. The predicted octanol–water partition coefficient (Wildman–Crippen LogP) is 2.81. The van der Waals surface area contributed by atoms with Gasteiger partial charge in [0.25, 0.3) is 0 Å². The molecule has 1 aromatic rings. The second-order valence-corrected chi connectivity index (χ2v) is 6.16. The van der Waals surface area contributed by atoms with Gasteiger partial charge in [0.05, 0.1) is 0 Å². The van der Waals surface area contributed by atoms with Crippen LogP contribution in [0.25, 0.3) is 0 Å². The van der Waals surface area contributed by atoms with Gasteiger partial charge >= 0.3 is 0 Å². The maximum Gasteiger partial charge on any atom is 0.0469 e. The first kappa shape index (κ1) is 14.8. The lowest BCUT2D eigenvalue weighted by atomic mass is 9.99. The number of anilines is 1. The molecule has 4 heteroatoms. The van der Waals surface area contributed by atoms with Gasteiger partial charge in [0, 0.05) is 37.0 Å². The van der Waals surface area contributed by atoms with Gasteiger partial charge in [-0.15, -0.1) is 0 Å². The summed E-state index contributed by atoms with van der Waals surface area (Å²) in [6, 6.07) is 6.48. The molecule has 1 aliphatic rings.